The second kappa shape index (κ2) is 4.56. The summed E-state index contributed by atoms with van der Waals surface area (Å²) in [6, 6.07) is 1.81. The Balaban J connectivity index is 2.51. The van der Waals surface area contributed by atoms with Crippen LogP contribution in [0.15, 0.2) is 12.3 Å². The van der Waals surface area contributed by atoms with Gasteiger partial charge in [0, 0.05) is 18.0 Å². The van der Waals surface area contributed by atoms with Gasteiger partial charge in [0.1, 0.15) is 11.4 Å². The number of hydrogen-bond donors (Lipinski definition) is 1. The molecule has 0 radical (unpaired) electrons. The Morgan fingerprint density at radius 1 is 1.39 bits per heavy atom. The standard InChI is InChI=1S/C12H14N4O2/c1-4-9-5-11(14-8(3)13-9)16-6-10(12(17)18)7(2)15-16/h5-6H,4H2,1-3H3,(H,17,18). The van der Waals surface area contributed by atoms with Crippen molar-refractivity contribution in [3.05, 3.63) is 35.0 Å². The number of carbonyl (C=O) groups is 1. The average molecular weight is 246 g/mol. The summed E-state index contributed by atoms with van der Waals surface area (Å²) in [6.07, 6.45) is 2.27. The Bertz CT molecular complexity index is 604. The molecule has 1 N–H and O–H groups in total. The summed E-state index contributed by atoms with van der Waals surface area (Å²) in [7, 11) is 0. The number of hydrogen-bond acceptors (Lipinski definition) is 4. The molecule has 2 rings (SSSR count). The summed E-state index contributed by atoms with van der Waals surface area (Å²) in [5.41, 5.74) is 1.56. The van der Waals surface area contributed by atoms with Gasteiger partial charge < -0.3 is 5.11 Å². The Hall–Kier alpha value is -2.24. The molecule has 0 aliphatic rings. The van der Waals surface area contributed by atoms with E-state index in [-0.39, 0.29) is 5.56 Å². The molecular weight excluding hydrogens is 232 g/mol. The van der Waals surface area contributed by atoms with Crippen LogP contribution >= 0.6 is 0 Å². The van der Waals surface area contributed by atoms with E-state index < -0.39 is 5.97 Å². The Morgan fingerprint density at radius 3 is 2.67 bits per heavy atom. The summed E-state index contributed by atoms with van der Waals surface area (Å²) < 4.78 is 1.48. The first-order valence-corrected chi connectivity index (χ1v) is 5.65. The lowest BCUT2D eigenvalue weighted by Crippen LogP contribution is -2.04. The molecule has 0 aliphatic heterocycles. The molecule has 0 amide bonds. The monoisotopic (exact) mass is 246 g/mol. The maximum atomic E-state index is 11.0. The first kappa shape index (κ1) is 12.2. The van der Waals surface area contributed by atoms with Gasteiger partial charge >= 0.3 is 5.97 Å². The minimum atomic E-state index is -0.986. The van der Waals surface area contributed by atoms with Crippen molar-refractivity contribution in [2.45, 2.75) is 27.2 Å². The van der Waals surface area contributed by atoms with Crippen LogP contribution in [0.3, 0.4) is 0 Å². The van der Waals surface area contributed by atoms with Crippen LogP contribution in [0, 0.1) is 13.8 Å². The third kappa shape index (κ3) is 2.22. The lowest BCUT2D eigenvalue weighted by atomic mass is 10.3. The number of aromatic nitrogens is 4. The Labute approximate surface area is 104 Å². The van der Waals surface area contributed by atoms with Crippen LogP contribution in [-0.2, 0) is 6.42 Å². The maximum Gasteiger partial charge on any atom is 0.339 e. The largest absolute Gasteiger partial charge is 0.478 e. The molecule has 0 bridgehead atoms. The highest BCUT2D eigenvalue weighted by molar-refractivity contribution is 5.88. The van der Waals surface area contributed by atoms with Crippen molar-refractivity contribution < 1.29 is 9.90 Å². The summed E-state index contributed by atoms with van der Waals surface area (Å²) in [5.74, 6) is 0.254. The molecule has 0 saturated carbocycles. The molecule has 6 heteroatoms. The molecule has 94 valence electrons. The Morgan fingerprint density at radius 2 is 2.11 bits per heavy atom. The first-order chi connectivity index (χ1) is 8.51. The van der Waals surface area contributed by atoms with Crippen LogP contribution < -0.4 is 0 Å². The van der Waals surface area contributed by atoms with Crippen molar-refractivity contribution in [1.82, 2.24) is 19.7 Å². The molecule has 0 spiro atoms. The van der Waals surface area contributed by atoms with E-state index in [9.17, 15) is 4.79 Å². The molecule has 0 unspecified atom stereocenters. The SMILES string of the molecule is CCc1cc(-n2cc(C(=O)O)c(C)n2)nc(C)n1. The van der Waals surface area contributed by atoms with Gasteiger partial charge in [-0.1, -0.05) is 6.92 Å². The molecule has 0 saturated heterocycles. The van der Waals surface area contributed by atoms with E-state index in [1.54, 1.807) is 13.8 Å². The maximum absolute atomic E-state index is 11.0. The predicted molar refractivity (Wildman–Crippen MR) is 65.0 cm³/mol. The quantitative estimate of drug-likeness (QED) is 0.888. The number of aryl methyl sites for hydroxylation is 3. The lowest BCUT2D eigenvalue weighted by molar-refractivity contribution is 0.0696. The van der Waals surface area contributed by atoms with Crippen LogP contribution in [0.2, 0.25) is 0 Å². The number of carboxylic acids is 1. The highest BCUT2D eigenvalue weighted by Gasteiger charge is 2.13. The molecule has 2 aromatic rings. The van der Waals surface area contributed by atoms with Gasteiger partial charge in [-0.25, -0.2) is 19.4 Å². The average Bonchev–Trinajstić information content (AvgIpc) is 2.70. The van der Waals surface area contributed by atoms with Gasteiger partial charge in [0.25, 0.3) is 0 Å². The van der Waals surface area contributed by atoms with Gasteiger partial charge in [-0.2, -0.15) is 5.10 Å². The summed E-state index contributed by atoms with van der Waals surface area (Å²) in [4.78, 5) is 19.5. The van der Waals surface area contributed by atoms with Crippen LogP contribution in [-0.4, -0.2) is 30.8 Å². The van der Waals surface area contributed by atoms with Crippen molar-refractivity contribution >= 4 is 5.97 Å². The van der Waals surface area contributed by atoms with E-state index in [0.29, 0.717) is 17.3 Å². The fourth-order valence-electron chi connectivity index (χ4n) is 1.70. The first-order valence-electron chi connectivity index (χ1n) is 5.65. The smallest absolute Gasteiger partial charge is 0.339 e. The van der Waals surface area contributed by atoms with E-state index in [0.717, 1.165) is 12.1 Å². The zero-order valence-corrected chi connectivity index (χ0v) is 10.5. The van der Waals surface area contributed by atoms with E-state index >= 15 is 0 Å². The van der Waals surface area contributed by atoms with E-state index in [4.69, 9.17) is 5.11 Å². The second-order valence-electron chi connectivity index (χ2n) is 4.00. The van der Waals surface area contributed by atoms with Crippen molar-refractivity contribution in [1.29, 1.82) is 0 Å². The Kier molecular flexibility index (Phi) is 3.10. The predicted octanol–water partition coefficient (Wildman–Crippen LogP) is 1.54. The van der Waals surface area contributed by atoms with Gasteiger partial charge in [-0.3, -0.25) is 0 Å². The molecular formula is C12H14N4O2. The van der Waals surface area contributed by atoms with Crippen molar-refractivity contribution in [2.24, 2.45) is 0 Å². The summed E-state index contributed by atoms with van der Waals surface area (Å²) >= 11 is 0. The van der Waals surface area contributed by atoms with E-state index in [1.165, 1.54) is 10.9 Å². The van der Waals surface area contributed by atoms with Crippen LogP contribution in [0.5, 0.6) is 0 Å². The van der Waals surface area contributed by atoms with Crippen LogP contribution in [0.25, 0.3) is 5.82 Å². The summed E-state index contributed by atoms with van der Waals surface area (Å²) in [5, 5.41) is 13.2. The van der Waals surface area contributed by atoms with Gasteiger partial charge in [0.05, 0.1) is 5.69 Å². The van der Waals surface area contributed by atoms with Crippen molar-refractivity contribution in [3.8, 4) is 5.82 Å². The van der Waals surface area contributed by atoms with Gasteiger partial charge in [-0.15, -0.1) is 0 Å². The molecule has 0 atom stereocenters. The zero-order chi connectivity index (χ0) is 13.3. The highest BCUT2D eigenvalue weighted by Crippen LogP contribution is 2.11. The minimum absolute atomic E-state index is 0.185. The third-order valence-corrected chi connectivity index (χ3v) is 2.60. The topological polar surface area (TPSA) is 80.9 Å². The molecule has 6 nitrogen and oxygen atoms in total. The molecule has 18 heavy (non-hydrogen) atoms. The fraction of sp³-hybridized carbons (Fsp3) is 0.333. The lowest BCUT2D eigenvalue weighted by Gasteiger charge is -2.04. The molecule has 2 heterocycles. The molecule has 0 aliphatic carbocycles. The van der Waals surface area contributed by atoms with Gasteiger partial charge in [0.15, 0.2) is 5.82 Å². The summed E-state index contributed by atoms with van der Waals surface area (Å²) in [6.45, 7) is 5.47. The highest BCUT2D eigenvalue weighted by atomic mass is 16.4. The van der Waals surface area contributed by atoms with Gasteiger partial charge in [-0.05, 0) is 20.3 Å². The van der Waals surface area contributed by atoms with Crippen molar-refractivity contribution in [2.75, 3.05) is 0 Å². The number of nitrogens with zero attached hydrogens (tertiary/aromatic N) is 4. The normalized spacial score (nSPS) is 10.6. The molecule has 2 aromatic heterocycles. The number of carboxylic acid groups (broad SMARTS) is 1. The van der Waals surface area contributed by atoms with E-state index in [1.807, 2.05) is 13.0 Å². The number of rotatable bonds is 3. The second-order valence-corrected chi connectivity index (χ2v) is 4.00. The van der Waals surface area contributed by atoms with Crippen LogP contribution in [0.4, 0.5) is 0 Å². The minimum Gasteiger partial charge on any atom is -0.478 e. The van der Waals surface area contributed by atoms with Crippen molar-refractivity contribution in [3.63, 3.8) is 0 Å². The number of aromatic carboxylic acids is 1. The van der Waals surface area contributed by atoms with Gasteiger partial charge in [0.2, 0.25) is 0 Å². The fourth-order valence-corrected chi connectivity index (χ4v) is 1.70. The molecule has 0 aromatic carbocycles. The zero-order valence-electron chi connectivity index (χ0n) is 10.5. The third-order valence-electron chi connectivity index (χ3n) is 2.60. The van der Waals surface area contributed by atoms with Crippen LogP contribution in [0.1, 0.15) is 34.5 Å². The van der Waals surface area contributed by atoms with E-state index in [2.05, 4.69) is 15.1 Å². The molecule has 0 fully saturated rings.